The molecule has 5 aromatic rings. The molecule has 278 valence electrons. The van der Waals surface area contributed by atoms with E-state index in [-0.39, 0.29) is 5.78 Å². The van der Waals surface area contributed by atoms with Gasteiger partial charge in [-0.15, -0.1) is 11.3 Å². The Hall–Kier alpha value is -5.10. The van der Waals surface area contributed by atoms with Crippen LogP contribution in [0.2, 0.25) is 0 Å². The van der Waals surface area contributed by atoms with E-state index < -0.39 is 0 Å². The molecule has 0 atom stereocenters. The third-order valence-corrected chi connectivity index (χ3v) is 10.3. The molecular formula is C42H47N3O7S. The number of hydrogen-bond donors (Lipinski definition) is 0. The molecule has 0 radical (unpaired) electrons. The fraction of sp³-hybridized carbons (Fsp3) is 0.333. The second-order valence-electron chi connectivity index (χ2n) is 12.6. The first kappa shape index (κ1) is 37.7. The molecule has 0 amide bonds. The van der Waals surface area contributed by atoms with Crippen molar-refractivity contribution in [2.75, 3.05) is 80.9 Å². The molecule has 4 aromatic carbocycles. The van der Waals surface area contributed by atoms with Crippen molar-refractivity contribution < 1.29 is 33.2 Å². The maximum atomic E-state index is 13.0. The third kappa shape index (κ3) is 9.87. The van der Waals surface area contributed by atoms with Gasteiger partial charge in [0.05, 0.1) is 51.9 Å². The van der Waals surface area contributed by atoms with Gasteiger partial charge in [-0.25, -0.2) is 4.98 Å². The number of carbonyl (C=O) groups excluding carboxylic acids is 1. The largest absolute Gasteiger partial charge is 0.494 e. The number of rotatable bonds is 18. The van der Waals surface area contributed by atoms with Crippen LogP contribution in [0.5, 0.6) is 34.5 Å². The van der Waals surface area contributed by atoms with E-state index in [4.69, 9.17) is 33.4 Å². The Morgan fingerprint density at radius 3 is 1.98 bits per heavy atom. The summed E-state index contributed by atoms with van der Waals surface area (Å²) in [5.41, 5.74) is 3.40. The van der Waals surface area contributed by atoms with Crippen molar-refractivity contribution in [1.82, 2.24) is 14.8 Å². The van der Waals surface area contributed by atoms with Crippen molar-refractivity contribution in [3.8, 4) is 45.1 Å². The minimum absolute atomic E-state index is 0.195. The lowest BCUT2D eigenvalue weighted by Gasteiger charge is -2.34. The number of methoxy groups -OCH3 is 4. The predicted octanol–water partition coefficient (Wildman–Crippen LogP) is 7.75. The zero-order chi connectivity index (χ0) is 37.0. The first-order chi connectivity index (χ1) is 26.0. The normalized spacial score (nSPS) is 13.7. The predicted molar refractivity (Wildman–Crippen MR) is 211 cm³/mol. The molecule has 1 saturated heterocycles. The van der Waals surface area contributed by atoms with Gasteiger partial charge in [0.25, 0.3) is 0 Å². The number of hydrogen-bond acceptors (Lipinski definition) is 11. The van der Waals surface area contributed by atoms with Crippen LogP contribution in [0.4, 0.5) is 0 Å². The molecule has 0 aliphatic carbocycles. The monoisotopic (exact) mass is 737 g/mol. The van der Waals surface area contributed by atoms with Crippen molar-refractivity contribution in [2.24, 2.45) is 0 Å². The van der Waals surface area contributed by atoms with Gasteiger partial charge < -0.3 is 38.2 Å². The molecule has 1 aliphatic rings. The first-order valence-corrected chi connectivity index (χ1v) is 18.7. The van der Waals surface area contributed by atoms with E-state index in [0.717, 1.165) is 79.5 Å². The average Bonchev–Trinajstić information content (AvgIpc) is 3.65. The number of benzene rings is 4. The van der Waals surface area contributed by atoms with Crippen molar-refractivity contribution in [1.29, 1.82) is 0 Å². The molecule has 1 aromatic heterocycles. The molecule has 0 unspecified atom stereocenters. The summed E-state index contributed by atoms with van der Waals surface area (Å²) in [6, 6.07) is 25.4. The van der Waals surface area contributed by atoms with Crippen molar-refractivity contribution in [2.45, 2.75) is 12.8 Å². The van der Waals surface area contributed by atoms with E-state index in [1.165, 1.54) is 32.1 Å². The zero-order valence-corrected chi connectivity index (χ0v) is 31.7. The van der Waals surface area contributed by atoms with Crippen LogP contribution in [-0.2, 0) is 0 Å². The highest BCUT2D eigenvalue weighted by atomic mass is 32.1. The molecule has 10 nitrogen and oxygen atoms in total. The molecule has 53 heavy (non-hydrogen) atoms. The lowest BCUT2D eigenvalue weighted by Crippen LogP contribution is -2.47. The molecule has 1 aliphatic heterocycles. The molecule has 2 heterocycles. The van der Waals surface area contributed by atoms with Crippen molar-refractivity contribution >= 4 is 33.4 Å². The highest BCUT2D eigenvalue weighted by molar-refractivity contribution is 7.21. The van der Waals surface area contributed by atoms with Gasteiger partial charge in [-0.05, 0) is 85.1 Å². The van der Waals surface area contributed by atoms with Crippen LogP contribution >= 0.6 is 11.3 Å². The zero-order valence-electron chi connectivity index (χ0n) is 30.8. The third-order valence-electron chi connectivity index (χ3n) is 9.19. The molecule has 1 fully saturated rings. The summed E-state index contributed by atoms with van der Waals surface area (Å²) in [7, 11) is 6.19. The number of para-hydroxylation sites is 1. The second-order valence-corrected chi connectivity index (χ2v) is 13.7. The van der Waals surface area contributed by atoms with Crippen LogP contribution < -0.4 is 28.4 Å². The Morgan fingerprint density at radius 1 is 0.717 bits per heavy atom. The number of ketones is 1. The van der Waals surface area contributed by atoms with Gasteiger partial charge >= 0.3 is 0 Å². The number of fused-ring (bicyclic) bond motifs is 1. The summed E-state index contributed by atoms with van der Waals surface area (Å²) >= 11 is 1.71. The molecule has 0 N–H and O–H groups in total. The maximum absolute atomic E-state index is 13.0. The van der Waals surface area contributed by atoms with Crippen LogP contribution in [0.25, 0.3) is 26.9 Å². The van der Waals surface area contributed by atoms with Gasteiger partial charge in [-0.3, -0.25) is 4.79 Å². The fourth-order valence-corrected chi connectivity index (χ4v) is 7.25. The van der Waals surface area contributed by atoms with Gasteiger partial charge in [0.2, 0.25) is 5.75 Å². The summed E-state index contributed by atoms with van der Waals surface area (Å²) in [5.74, 6) is 3.28. The van der Waals surface area contributed by atoms with Crippen LogP contribution in [0.1, 0.15) is 28.8 Å². The minimum atomic E-state index is -0.195. The van der Waals surface area contributed by atoms with E-state index in [9.17, 15) is 4.79 Å². The van der Waals surface area contributed by atoms with Gasteiger partial charge in [0.1, 0.15) is 10.8 Å². The van der Waals surface area contributed by atoms with Gasteiger partial charge in [0.15, 0.2) is 28.8 Å². The Kier molecular flexibility index (Phi) is 13.2. The van der Waals surface area contributed by atoms with E-state index in [1.54, 1.807) is 36.7 Å². The topological polar surface area (TPSA) is 91.8 Å². The number of nitrogens with zero attached hydrogens (tertiary/aromatic N) is 3. The summed E-state index contributed by atoms with van der Waals surface area (Å²) in [6.45, 7) is 7.43. The van der Waals surface area contributed by atoms with Crippen molar-refractivity contribution in [3.05, 3.63) is 96.1 Å². The van der Waals surface area contributed by atoms with E-state index in [1.807, 2.05) is 42.5 Å². The molecule has 0 spiro atoms. The quantitative estimate of drug-likeness (QED) is 0.0505. The Morgan fingerprint density at radius 2 is 1.36 bits per heavy atom. The number of piperazine rings is 1. The Balaban J connectivity index is 0.889. The molecule has 0 bridgehead atoms. The molecule has 0 saturated carbocycles. The SMILES string of the molecule is COc1ccc(/C=C/C(=O)c2cc(OC)c(OC)c(OC)c2)cc1OCCCN1CCN(CCCOc2ccc(-c3nc4ccccc4s3)cc2)CC1. The summed E-state index contributed by atoms with van der Waals surface area (Å²) in [5, 5.41) is 1.03. The molecule has 11 heteroatoms. The second kappa shape index (κ2) is 18.6. The van der Waals surface area contributed by atoms with Crippen LogP contribution in [0.15, 0.2) is 84.9 Å². The number of allylic oxidation sites excluding steroid dienone is 1. The standard InChI is InChI=1S/C42H47N3O7S/c1-47-36-18-12-30(11-17-35(46)32-28-38(48-2)41(50-4)39(29-32)49-3)27-37(36)52-26-8-20-45-23-21-44(22-24-45)19-7-25-51-33-15-13-31(14-16-33)42-43-34-9-5-6-10-40(34)53-42/h5-6,9-18,27-29H,7-8,19-26H2,1-4H3/b17-11+. The highest BCUT2D eigenvalue weighted by Crippen LogP contribution is 2.38. The van der Waals surface area contributed by atoms with Gasteiger partial charge in [-0.1, -0.05) is 24.3 Å². The van der Waals surface area contributed by atoms with Crippen molar-refractivity contribution in [3.63, 3.8) is 0 Å². The van der Waals surface area contributed by atoms with E-state index >= 15 is 0 Å². The molecular weight excluding hydrogens is 691 g/mol. The fourth-order valence-electron chi connectivity index (χ4n) is 6.28. The van der Waals surface area contributed by atoms with Crippen LogP contribution in [0, 0.1) is 0 Å². The van der Waals surface area contributed by atoms with Crippen LogP contribution in [-0.4, -0.2) is 101 Å². The number of carbonyl (C=O) groups is 1. The molecule has 6 rings (SSSR count). The van der Waals surface area contributed by atoms with Crippen LogP contribution in [0.3, 0.4) is 0 Å². The summed E-state index contributed by atoms with van der Waals surface area (Å²) < 4.78 is 35.1. The maximum Gasteiger partial charge on any atom is 0.203 e. The Labute approximate surface area is 315 Å². The smallest absolute Gasteiger partial charge is 0.203 e. The minimum Gasteiger partial charge on any atom is -0.494 e. The number of aromatic nitrogens is 1. The summed E-state index contributed by atoms with van der Waals surface area (Å²) in [4.78, 5) is 22.8. The highest BCUT2D eigenvalue weighted by Gasteiger charge is 2.18. The van der Waals surface area contributed by atoms with E-state index in [0.29, 0.717) is 47.5 Å². The van der Waals surface area contributed by atoms with Gasteiger partial charge in [0, 0.05) is 50.4 Å². The lowest BCUT2D eigenvalue weighted by atomic mass is 10.1. The summed E-state index contributed by atoms with van der Waals surface area (Å²) in [6.07, 6.45) is 5.16. The first-order valence-electron chi connectivity index (χ1n) is 17.8. The number of ether oxygens (including phenoxy) is 6. The Bertz CT molecular complexity index is 1930. The number of thiazole rings is 1. The average molecular weight is 738 g/mol. The van der Waals surface area contributed by atoms with E-state index in [2.05, 4.69) is 34.1 Å². The van der Waals surface area contributed by atoms with Gasteiger partial charge in [-0.2, -0.15) is 0 Å². The lowest BCUT2D eigenvalue weighted by molar-refractivity contribution is 0.104.